The Balaban J connectivity index is 1.89. The molecule has 0 bridgehead atoms. The van der Waals surface area contributed by atoms with Crippen LogP contribution < -0.4 is 16.4 Å². The summed E-state index contributed by atoms with van der Waals surface area (Å²) in [4.78, 5) is 40.8. The summed E-state index contributed by atoms with van der Waals surface area (Å²) in [6.07, 6.45) is 0. The standard InChI is InChI=1S/C27H36N4O3S/c1-17(2)22(29-24(32)18(3)28)26(34)31-21(16-35-27(31,4)5)25(33)30-23(19-12-8-6-9-13-19)20-14-10-7-11-15-20/h6-15,17-18,21-23H,16,28H2,1-5H3,(H,29,32)(H,30,33)/t18-,21-,22-/m0/s1. The van der Waals surface area contributed by atoms with Crippen LogP contribution in [0, 0.1) is 5.92 Å². The van der Waals surface area contributed by atoms with Crippen LogP contribution in [0.1, 0.15) is 51.8 Å². The number of carbonyl (C=O) groups excluding carboxylic acids is 3. The lowest BCUT2D eigenvalue weighted by atomic mass is 9.97. The summed E-state index contributed by atoms with van der Waals surface area (Å²) < 4.78 is 0. The highest BCUT2D eigenvalue weighted by atomic mass is 32.2. The summed E-state index contributed by atoms with van der Waals surface area (Å²) >= 11 is 1.55. The van der Waals surface area contributed by atoms with Crippen molar-refractivity contribution in [3.63, 3.8) is 0 Å². The van der Waals surface area contributed by atoms with Gasteiger partial charge in [0.25, 0.3) is 0 Å². The van der Waals surface area contributed by atoms with Crippen molar-refractivity contribution in [2.45, 2.75) is 63.7 Å². The van der Waals surface area contributed by atoms with Crippen molar-refractivity contribution < 1.29 is 14.4 Å². The maximum Gasteiger partial charge on any atom is 0.247 e. The minimum atomic E-state index is -0.777. The van der Waals surface area contributed by atoms with E-state index in [9.17, 15) is 14.4 Å². The van der Waals surface area contributed by atoms with Crippen molar-refractivity contribution in [1.29, 1.82) is 0 Å². The van der Waals surface area contributed by atoms with Crippen LogP contribution in [0.5, 0.6) is 0 Å². The summed E-state index contributed by atoms with van der Waals surface area (Å²) in [5, 5.41) is 5.97. The third-order valence-electron chi connectivity index (χ3n) is 6.22. The van der Waals surface area contributed by atoms with E-state index in [1.807, 2.05) is 88.4 Å². The Morgan fingerprint density at radius 3 is 1.91 bits per heavy atom. The molecule has 3 amide bonds. The van der Waals surface area contributed by atoms with Gasteiger partial charge in [-0.05, 0) is 37.8 Å². The van der Waals surface area contributed by atoms with E-state index in [1.165, 1.54) is 0 Å². The van der Waals surface area contributed by atoms with Gasteiger partial charge in [-0.25, -0.2) is 0 Å². The summed E-state index contributed by atoms with van der Waals surface area (Å²) in [7, 11) is 0. The molecular formula is C27H36N4O3S. The van der Waals surface area contributed by atoms with Crippen molar-refractivity contribution >= 4 is 29.5 Å². The van der Waals surface area contributed by atoms with Gasteiger partial charge in [0.15, 0.2) is 0 Å². The molecule has 0 saturated carbocycles. The molecule has 8 heteroatoms. The van der Waals surface area contributed by atoms with Crippen molar-refractivity contribution in [3.8, 4) is 0 Å². The van der Waals surface area contributed by atoms with Crippen LogP contribution in [0.15, 0.2) is 60.7 Å². The predicted molar refractivity (Wildman–Crippen MR) is 140 cm³/mol. The molecule has 3 atom stereocenters. The molecule has 188 valence electrons. The van der Waals surface area contributed by atoms with Gasteiger partial charge in [0.1, 0.15) is 12.1 Å². The number of hydrogen-bond donors (Lipinski definition) is 3. The first-order chi connectivity index (χ1) is 16.5. The van der Waals surface area contributed by atoms with Crippen LogP contribution in [0.4, 0.5) is 0 Å². The van der Waals surface area contributed by atoms with Crippen molar-refractivity contribution in [3.05, 3.63) is 71.8 Å². The molecule has 0 radical (unpaired) electrons. The van der Waals surface area contributed by atoms with Gasteiger partial charge in [0.2, 0.25) is 17.7 Å². The minimum Gasteiger partial charge on any atom is -0.343 e. The fourth-order valence-electron chi connectivity index (χ4n) is 4.25. The third-order valence-corrected chi connectivity index (χ3v) is 7.61. The summed E-state index contributed by atoms with van der Waals surface area (Å²) in [6.45, 7) is 9.18. The maximum atomic E-state index is 13.8. The van der Waals surface area contributed by atoms with Gasteiger partial charge in [-0.15, -0.1) is 11.8 Å². The first kappa shape index (κ1) is 26.8. The molecule has 1 heterocycles. The van der Waals surface area contributed by atoms with Crippen LogP contribution >= 0.6 is 11.8 Å². The van der Waals surface area contributed by atoms with Crippen molar-refractivity contribution in [1.82, 2.24) is 15.5 Å². The van der Waals surface area contributed by atoms with E-state index >= 15 is 0 Å². The summed E-state index contributed by atoms with van der Waals surface area (Å²) in [5.74, 6) is -0.602. The Kier molecular flexibility index (Phi) is 8.61. The molecule has 1 aliphatic rings. The maximum absolute atomic E-state index is 13.8. The van der Waals surface area contributed by atoms with Crippen LogP contribution in [0.25, 0.3) is 0 Å². The predicted octanol–water partition coefficient (Wildman–Crippen LogP) is 3.06. The number of rotatable bonds is 8. The average molecular weight is 497 g/mol. The van der Waals surface area contributed by atoms with Gasteiger partial charge in [0, 0.05) is 5.75 Å². The molecule has 1 saturated heterocycles. The molecule has 2 aromatic rings. The van der Waals surface area contributed by atoms with Gasteiger partial charge >= 0.3 is 0 Å². The molecule has 1 fully saturated rings. The van der Waals surface area contributed by atoms with E-state index in [0.29, 0.717) is 5.75 Å². The molecule has 4 N–H and O–H groups in total. The van der Waals surface area contributed by atoms with E-state index in [1.54, 1.807) is 23.6 Å². The fourth-order valence-corrected chi connectivity index (χ4v) is 5.47. The molecular weight excluding hydrogens is 460 g/mol. The smallest absolute Gasteiger partial charge is 0.247 e. The van der Waals surface area contributed by atoms with Crippen LogP contribution in [0.2, 0.25) is 0 Å². The highest BCUT2D eigenvalue weighted by Crippen LogP contribution is 2.40. The molecule has 3 rings (SSSR count). The highest BCUT2D eigenvalue weighted by molar-refractivity contribution is 8.00. The zero-order chi connectivity index (χ0) is 25.8. The van der Waals surface area contributed by atoms with Crippen LogP contribution in [-0.2, 0) is 14.4 Å². The van der Waals surface area contributed by atoms with E-state index < -0.39 is 28.9 Å². The number of thioether (sulfide) groups is 1. The molecule has 0 aliphatic carbocycles. The molecule has 0 spiro atoms. The molecule has 7 nitrogen and oxygen atoms in total. The van der Waals surface area contributed by atoms with Gasteiger partial charge in [-0.1, -0.05) is 74.5 Å². The van der Waals surface area contributed by atoms with E-state index in [0.717, 1.165) is 11.1 Å². The Labute approximate surface area is 212 Å². The monoisotopic (exact) mass is 496 g/mol. The highest BCUT2D eigenvalue weighted by Gasteiger charge is 2.49. The second kappa shape index (κ2) is 11.3. The van der Waals surface area contributed by atoms with Gasteiger partial charge in [-0.2, -0.15) is 0 Å². The van der Waals surface area contributed by atoms with Crippen LogP contribution in [-0.4, -0.2) is 51.4 Å². The largest absolute Gasteiger partial charge is 0.343 e. The normalized spacial score (nSPS) is 18.9. The van der Waals surface area contributed by atoms with Crippen LogP contribution in [0.3, 0.4) is 0 Å². The SMILES string of the molecule is CC(C)[C@H](NC(=O)[C@H](C)N)C(=O)N1[C@H](C(=O)NC(c2ccccc2)c2ccccc2)CSC1(C)C. The molecule has 35 heavy (non-hydrogen) atoms. The second-order valence-electron chi connectivity index (χ2n) is 9.76. The van der Waals surface area contributed by atoms with Gasteiger partial charge < -0.3 is 21.3 Å². The Hall–Kier alpha value is -2.84. The lowest BCUT2D eigenvalue weighted by Crippen LogP contribution is -2.61. The first-order valence-corrected chi connectivity index (χ1v) is 12.9. The topological polar surface area (TPSA) is 105 Å². The van der Waals surface area contributed by atoms with E-state index in [4.69, 9.17) is 5.73 Å². The number of amides is 3. The minimum absolute atomic E-state index is 0.170. The number of benzene rings is 2. The average Bonchev–Trinajstić information content (AvgIpc) is 3.16. The van der Waals surface area contributed by atoms with Crippen molar-refractivity contribution in [2.24, 2.45) is 11.7 Å². The Morgan fingerprint density at radius 1 is 0.943 bits per heavy atom. The van der Waals surface area contributed by atoms with Crippen molar-refractivity contribution in [2.75, 3.05) is 5.75 Å². The number of carbonyl (C=O) groups is 3. The first-order valence-electron chi connectivity index (χ1n) is 12.0. The molecule has 2 aromatic carbocycles. The number of nitrogens with one attached hydrogen (secondary N) is 2. The number of nitrogens with zero attached hydrogens (tertiary/aromatic N) is 1. The third kappa shape index (κ3) is 6.24. The zero-order valence-electron chi connectivity index (χ0n) is 21.0. The molecule has 0 aromatic heterocycles. The van der Waals surface area contributed by atoms with E-state index in [-0.39, 0.29) is 23.8 Å². The molecule has 1 aliphatic heterocycles. The lowest BCUT2D eigenvalue weighted by Gasteiger charge is -2.38. The number of hydrogen-bond acceptors (Lipinski definition) is 5. The number of nitrogens with two attached hydrogens (primary N) is 1. The quantitative estimate of drug-likeness (QED) is 0.521. The van der Waals surface area contributed by atoms with Gasteiger partial charge in [0.05, 0.1) is 17.0 Å². The fraction of sp³-hybridized carbons (Fsp3) is 0.444. The Morgan fingerprint density at radius 2 is 1.46 bits per heavy atom. The lowest BCUT2D eigenvalue weighted by molar-refractivity contribution is -0.146. The second-order valence-corrected chi connectivity index (χ2v) is 11.4. The zero-order valence-corrected chi connectivity index (χ0v) is 21.8. The summed E-state index contributed by atoms with van der Waals surface area (Å²) in [5.41, 5.74) is 7.64. The molecule has 0 unspecified atom stereocenters. The Bertz CT molecular complexity index is 988. The van der Waals surface area contributed by atoms with Gasteiger partial charge in [-0.3, -0.25) is 14.4 Å². The van der Waals surface area contributed by atoms with E-state index in [2.05, 4.69) is 10.6 Å². The summed E-state index contributed by atoms with van der Waals surface area (Å²) in [6, 6.07) is 17.0.